The zero-order chi connectivity index (χ0) is 29.9. The van der Waals surface area contributed by atoms with Crippen LogP contribution in [0.25, 0.3) is 6.08 Å². The lowest BCUT2D eigenvalue weighted by Crippen LogP contribution is -2.30. The van der Waals surface area contributed by atoms with E-state index in [1.165, 1.54) is 43.1 Å². The van der Waals surface area contributed by atoms with Crippen LogP contribution in [0.5, 0.6) is 11.5 Å². The molecule has 0 unspecified atom stereocenters. The lowest BCUT2D eigenvalue weighted by Gasteiger charge is -2.12. The Kier molecular flexibility index (Phi) is 10.3. The van der Waals surface area contributed by atoms with E-state index in [9.17, 15) is 18.8 Å². The maximum Gasteiger partial charge on any atom is 0.272 e. The first-order valence-electron chi connectivity index (χ1n) is 12.7. The monoisotopic (exact) mass is 585 g/mol. The predicted molar refractivity (Wildman–Crippen MR) is 162 cm³/mol. The van der Waals surface area contributed by atoms with E-state index in [1.807, 2.05) is 0 Å². The first kappa shape index (κ1) is 29.9. The van der Waals surface area contributed by atoms with E-state index in [-0.39, 0.29) is 22.9 Å². The van der Waals surface area contributed by atoms with Gasteiger partial charge >= 0.3 is 0 Å². The zero-order valence-corrected chi connectivity index (χ0v) is 23.7. The van der Waals surface area contributed by atoms with Crippen molar-refractivity contribution in [2.45, 2.75) is 4.90 Å². The van der Waals surface area contributed by atoms with Crippen molar-refractivity contribution in [3.63, 3.8) is 0 Å². The van der Waals surface area contributed by atoms with Crippen LogP contribution < -0.4 is 25.4 Å². The molecule has 4 aromatic carbocycles. The van der Waals surface area contributed by atoms with Gasteiger partial charge in [0.15, 0.2) is 0 Å². The molecule has 0 heterocycles. The van der Waals surface area contributed by atoms with Gasteiger partial charge in [0.2, 0.25) is 5.91 Å². The molecule has 3 amide bonds. The summed E-state index contributed by atoms with van der Waals surface area (Å²) in [6.45, 7) is 0. The van der Waals surface area contributed by atoms with Gasteiger partial charge < -0.3 is 25.4 Å². The van der Waals surface area contributed by atoms with Crippen molar-refractivity contribution < 1.29 is 28.2 Å². The van der Waals surface area contributed by atoms with Crippen LogP contribution in [-0.4, -0.2) is 37.7 Å². The summed E-state index contributed by atoms with van der Waals surface area (Å²) in [7, 11) is 3.06. The van der Waals surface area contributed by atoms with E-state index in [1.54, 1.807) is 86.0 Å². The van der Waals surface area contributed by atoms with Crippen molar-refractivity contribution in [2.75, 3.05) is 30.6 Å². The lowest BCUT2D eigenvalue weighted by molar-refractivity contribution is -0.114. The van der Waals surface area contributed by atoms with E-state index >= 15 is 0 Å². The van der Waals surface area contributed by atoms with Crippen molar-refractivity contribution >= 4 is 46.9 Å². The van der Waals surface area contributed by atoms with Crippen molar-refractivity contribution in [1.29, 1.82) is 0 Å². The van der Waals surface area contributed by atoms with Crippen LogP contribution in [0.15, 0.2) is 108 Å². The van der Waals surface area contributed by atoms with Crippen LogP contribution in [0.2, 0.25) is 0 Å². The van der Waals surface area contributed by atoms with E-state index in [4.69, 9.17) is 9.47 Å². The van der Waals surface area contributed by atoms with Crippen LogP contribution in [0.1, 0.15) is 15.9 Å². The second-order valence-corrected chi connectivity index (χ2v) is 9.83. The number of rotatable bonds is 11. The largest absolute Gasteiger partial charge is 0.497 e. The average Bonchev–Trinajstić information content (AvgIpc) is 3.02. The number of nitrogens with one attached hydrogen (secondary N) is 3. The highest BCUT2D eigenvalue weighted by atomic mass is 32.2. The molecule has 10 heteroatoms. The van der Waals surface area contributed by atoms with Gasteiger partial charge in [0.1, 0.15) is 23.0 Å². The molecule has 42 heavy (non-hydrogen) atoms. The average molecular weight is 586 g/mol. The molecule has 8 nitrogen and oxygen atoms in total. The fraction of sp³-hybridized carbons (Fsp3) is 0.0938. The minimum atomic E-state index is -0.629. The summed E-state index contributed by atoms with van der Waals surface area (Å²) in [6.07, 6.45) is 1.28. The molecule has 0 atom stereocenters. The summed E-state index contributed by atoms with van der Waals surface area (Å²) in [6, 6.07) is 26.3. The predicted octanol–water partition coefficient (Wildman–Crippen LogP) is 5.98. The molecule has 0 aliphatic carbocycles. The van der Waals surface area contributed by atoms with Gasteiger partial charge in [-0.25, -0.2) is 4.39 Å². The van der Waals surface area contributed by atoms with Gasteiger partial charge in [-0.3, -0.25) is 14.4 Å². The Hall–Kier alpha value is -5.09. The number of amides is 3. The molecule has 0 fully saturated rings. The molecular weight excluding hydrogens is 557 g/mol. The van der Waals surface area contributed by atoms with Gasteiger partial charge in [0, 0.05) is 27.8 Å². The number of methoxy groups -OCH3 is 2. The Morgan fingerprint density at radius 1 is 0.833 bits per heavy atom. The topological polar surface area (TPSA) is 106 Å². The molecule has 0 radical (unpaired) electrons. The summed E-state index contributed by atoms with van der Waals surface area (Å²) >= 11 is 1.31. The normalized spacial score (nSPS) is 10.9. The Labute approximate surface area is 246 Å². The summed E-state index contributed by atoms with van der Waals surface area (Å²) in [5.74, 6) is -0.662. The number of carbonyl (C=O) groups excluding carboxylic acids is 3. The quantitative estimate of drug-likeness (QED) is 0.148. The summed E-state index contributed by atoms with van der Waals surface area (Å²) in [5.41, 5.74) is 1.35. The smallest absolute Gasteiger partial charge is 0.272 e. The summed E-state index contributed by atoms with van der Waals surface area (Å²) in [4.78, 5) is 39.2. The van der Waals surface area contributed by atoms with Gasteiger partial charge in [0.25, 0.3) is 11.8 Å². The molecule has 0 saturated heterocycles. The number of carbonyl (C=O) groups is 3. The van der Waals surface area contributed by atoms with Crippen LogP contribution in [0.4, 0.5) is 15.8 Å². The number of hydrogen-bond acceptors (Lipinski definition) is 6. The molecule has 0 bridgehead atoms. The number of benzene rings is 4. The molecule has 3 N–H and O–H groups in total. The first-order chi connectivity index (χ1) is 20.4. The van der Waals surface area contributed by atoms with E-state index in [2.05, 4.69) is 16.0 Å². The van der Waals surface area contributed by atoms with Crippen molar-refractivity contribution in [3.05, 3.63) is 120 Å². The number of anilines is 2. The summed E-state index contributed by atoms with van der Waals surface area (Å²) < 4.78 is 24.8. The second kappa shape index (κ2) is 14.5. The number of thioether (sulfide) groups is 1. The summed E-state index contributed by atoms with van der Waals surface area (Å²) in [5, 5.41) is 8.13. The number of halogens is 1. The first-order valence-corrected chi connectivity index (χ1v) is 13.7. The molecule has 0 saturated carbocycles. The molecule has 214 valence electrons. The molecule has 0 aromatic heterocycles. The zero-order valence-electron chi connectivity index (χ0n) is 22.8. The van der Waals surface area contributed by atoms with Crippen LogP contribution in [0, 0.1) is 5.82 Å². The Morgan fingerprint density at radius 3 is 2.24 bits per heavy atom. The molecule has 0 aliphatic heterocycles. The number of ether oxygens (including phenoxy) is 2. The fourth-order valence-electron chi connectivity index (χ4n) is 3.76. The van der Waals surface area contributed by atoms with Gasteiger partial charge in [-0.05, 0) is 60.7 Å². The maximum atomic E-state index is 14.3. The third-order valence-electron chi connectivity index (χ3n) is 5.90. The Balaban J connectivity index is 1.40. The molecule has 0 aliphatic rings. The third kappa shape index (κ3) is 8.21. The van der Waals surface area contributed by atoms with Gasteiger partial charge in [-0.1, -0.05) is 36.4 Å². The van der Waals surface area contributed by atoms with E-state index in [0.29, 0.717) is 28.4 Å². The van der Waals surface area contributed by atoms with Crippen LogP contribution in [-0.2, 0) is 9.59 Å². The van der Waals surface area contributed by atoms with E-state index in [0.717, 1.165) is 4.90 Å². The standard InChI is InChI=1S/C32H28FN3O5S/c1-40-24-14-17-27(29(19-24)41-2)35-30(37)20-42-25-15-12-23(13-16-25)34-32(39)28(18-22-10-6-7-11-26(22)33)36-31(38)21-8-4-3-5-9-21/h3-19H,20H2,1-2H3,(H,34,39)(H,35,37)(H,36,38)/b28-18-. The highest BCUT2D eigenvalue weighted by Crippen LogP contribution is 2.29. The highest BCUT2D eigenvalue weighted by molar-refractivity contribution is 8.00. The van der Waals surface area contributed by atoms with Crippen LogP contribution in [0.3, 0.4) is 0 Å². The van der Waals surface area contributed by atoms with Crippen LogP contribution >= 0.6 is 11.8 Å². The Morgan fingerprint density at radius 2 is 1.55 bits per heavy atom. The van der Waals surface area contributed by atoms with E-state index < -0.39 is 17.6 Å². The second-order valence-electron chi connectivity index (χ2n) is 8.78. The SMILES string of the molecule is COc1ccc(NC(=O)CSc2ccc(NC(=O)/C(=C/c3ccccc3F)NC(=O)c3ccccc3)cc2)c(OC)c1. The van der Waals surface area contributed by atoms with Gasteiger partial charge in [0.05, 0.1) is 25.7 Å². The molecular formula is C32H28FN3O5S. The van der Waals surface area contributed by atoms with Gasteiger partial charge in [-0.2, -0.15) is 0 Å². The van der Waals surface area contributed by atoms with Crippen molar-refractivity contribution in [3.8, 4) is 11.5 Å². The molecule has 0 spiro atoms. The molecule has 4 aromatic rings. The molecule has 4 rings (SSSR count). The Bertz CT molecular complexity index is 1590. The minimum absolute atomic E-state index is 0.127. The van der Waals surface area contributed by atoms with Crippen molar-refractivity contribution in [2.24, 2.45) is 0 Å². The fourth-order valence-corrected chi connectivity index (χ4v) is 4.46. The maximum absolute atomic E-state index is 14.3. The third-order valence-corrected chi connectivity index (χ3v) is 6.91. The highest BCUT2D eigenvalue weighted by Gasteiger charge is 2.16. The minimum Gasteiger partial charge on any atom is -0.497 e. The number of hydrogen-bond donors (Lipinski definition) is 3. The lowest BCUT2D eigenvalue weighted by atomic mass is 10.1. The van der Waals surface area contributed by atoms with Crippen molar-refractivity contribution in [1.82, 2.24) is 5.32 Å². The van der Waals surface area contributed by atoms with Gasteiger partial charge in [-0.15, -0.1) is 11.8 Å².